The summed E-state index contributed by atoms with van der Waals surface area (Å²) in [5.74, 6) is -5.35. The van der Waals surface area contributed by atoms with Gasteiger partial charge in [0.1, 0.15) is 0 Å². The fraction of sp³-hybridized carbons (Fsp3) is 0.300. The molecule has 3 rings (SSSR count). The maximum absolute atomic E-state index is 13.6. The fourth-order valence-electron chi connectivity index (χ4n) is 3.11. The molecule has 0 aromatic heterocycles. The molecular weight excluding hydrogens is 357 g/mol. The molecule has 2 aromatic carbocycles. The number of hydrogen-bond acceptors (Lipinski definition) is 2. The minimum Gasteiger partial charge on any atom is -0.349 e. The van der Waals surface area contributed by atoms with E-state index in [1.54, 1.807) is 0 Å². The van der Waals surface area contributed by atoms with Gasteiger partial charge in [0.2, 0.25) is 0 Å². The van der Waals surface area contributed by atoms with Gasteiger partial charge < -0.3 is 10.6 Å². The van der Waals surface area contributed by atoms with Crippen LogP contribution in [-0.4, -0.2) is 17.9 Å². The molecule has 1 aliphatic carbocycles. The molecule has 0 bridgehead atoms. The summed E-state index contributed by atoms with van der Waals surface area (Å²) in [4.78, 5) is 24.4. The first-order chi connectivity index (χ1) is 13.0. The highest BCUT2D eigenvalue weighted by molar-refractivity contribution is 6.05. The van der Waals surface area contributed by atoms with Gasteiger partial charge in [-0.1, -0.05) is 19.3 Å². The SMILES string of the molecule is O=C(Nc1ccc(F)c(F)c1F)c1ccc(C(=O)NC2CCCCC2)cc1. The lowest BCUT2D eigenvalue weighted by Crippen LogP contribution is -2.36. The first-order valence-corrected chi connectivity index (χ1v) is 8.81. The number of halogens is 3. The maximum Gasteiger partial charge on any atom is 0.255 e. The lowest BCUT2D eigenvalue weighted by Gasteiger charge is -2.22. The number of hydrogen-bond donors (Lipinski definition) is 2. The molecule has 2 amide bonds. The molecule has 2 N–H and O–H groups in total. The van der Waals surface area contributed by atoms with Gasteiger partial charge in [0.05, 0.1) is 5.69 Å². The summed E-state index contributed by atoms with van der Waals surface area (Å²) in [5.41, 5.74) is 0.113. The molecule has 7 heteroatoms. The second-order valence-corrected chi connectivity index (χ2v) is 6.56. The number of benzene rings is 2. The topological polar surface area (TPSA) is 58.2 Å². The third-order valence-electron chi connectivity index (χ3n) is 4.63. The van der Waals surface area contributed by atoms with Gasteiger partial charge in [-0.2, -0.15) is 0 Å². The Hall–Kier alpha value is -2.83. The van der Waals surface area contributed by atoms with Gasteiger partial charge in [-0.15, -0.1) is 0 Å². The Balaban J connectivity index is 1.65. The fourth-order valence-corrected chi connectivity index (χ4v) is 3.11. The zero-order chi connectivity index (χ0) is 19.4. The van der Waals surface area contributed by atoms with Crippen molar-refractivity contribution >= 4 is 17.5 Å². The smallest absolute Gasteiger partial charge is 0.255 e. The van der Waals surface area contributed by atoms with Crippen molar-refractivity contribution in [3.63, 3.8) is 0 Å². The van der Waals surface area contributed by atoms with Gasteiger partial charge in [-0.25, -0.2) is 13.2 Å². The largest absolute Gasteiger partial charge is 0.349 e. The van der Waals surface area contributed by atoms with E-state index >= 15 is 0 Å². The minimum absolute atomic E-state index is 0.161. The molecule has 0 aliphatic heterocycles. The molecule has 2 aromatic rings. The lowest BCUT2D eigenvalue weighted by atomic mass is 9.95. The van der Waals surface area contributed by atoms with Crippen LogP contribution in [0.5, 0.6) is 0 Å². The van der Waals surface area contributed by atoms with Gasteiger partial charge in [-0.3, -0.25) is 9.59 Å². The number of amides is 2. The maximum atomic E-state index is 13.6. The molecule has 1 aliphatic rings. The second kappa shape index (κ2) is 8.24. The number of anilines is 1. The molecule has 142 valence electrons. The van der Waals surface area contributed by atoms with Crippen LogP contribution in [0.3, 0.4) is 0 Å². The Morgan fingerprint density at radius 1 is 0.778 bits per heavy atom. The quantitative estimate of drug-likeness (QED) is 0.776. The highest BCUT2D eigenvalue weighted by Crippen LogP contribution is 2.21. The molecule has 27 heavy (non-hydrogen) atoms. The van der Waals surface area contributed by atoms with Crippen LogP contribution in [0.4, 0.5) is 18.9 Å². The summed E-state index contributed by atoms with van der Waals surface area (Å²) < 4.78 is 39.8. The predicted molar refractivity (Wildman–Crippen MR) is 95.1 cm³/mol. The van der Waals surface area contributed by atoms with E-state index in [0.29, 0.717) is 5.56 Å². The van der Waals surface area contributed by atoms with Crippen LogP contribution in [0.1, 0.15) is 52.8 Å². The van der Waals surface area contributed by atoms with E-state index in [1.165, 1.54) is 30.7 Å². The molecule has 0 radical (unpaired) electrons. The van der Waals surface area contributed by atoms with Crippen molar-refractivity contribution in [3.05, 3.63) is 65.0 Å². The van der Waals surface area contributed by atoms with Crippen LogP contribution in [0.15, 0.2) is 36.4 Å². The van der Waals surface area contributed by atoms with E-state index < -0.39 is 29.0 Å². The Labute approximate surface area is 154 Å². The molecular formula is C20H19F3N2O2. The second-order valence-electron chi connectivity index (χ2n) is 6.56. The number of nitrogens with one attached hydrogen (secondary N) is 2. The van der Waals surface area contributed by atoms with Gasteiger partial charge in [-0.05, 0) is 49.2 Å². The molecule has 1 saturated carbocycles. The average molecular weight is 376 g/mol. The van der Waals surface area contributed by atoms with E-state index in [9.17, 15) is 22.8 Å². The first kappa shape index (κ1) is 18.9. The molecule has 0 saturated heterocycles. The van der Waals surface area contributed by atoms with E-state index in [-0.39, 0.29) is 17.5 Å². The molecule has 0 atom stereocenters. The first-order valence-electron chi connectivity index (χ1n) is 8.81. The molecule has 0 unspecified atom stereocenters. The number of rotatable bonds is 4. The summed E-state index contributed by atoms with van der Waals surface area (Å²) >= 11 is 0. The lowest BCUT2D eigenvalue weighted by molar-refractivity contribution is 0.0926. The Morgan fingerprint density at radius 2 is 1.37 bits per heavy atom. The van der Waals surface area contributed by atoms with E-state index in [4.69, 9.17) is 0 Å². The van der Waals surface area contributed by atoms with Crippen molar-refractivity contribution in [2.75, 3.05) is 5.32 Å². The summed E-state index contributed by atoms with van der Waals surface area (Å²) in [6.07, 6.45) is 5.32. The van der Waals surface area contributed by atoms with Crippen LogP contribution in [0.25, 0.3) is 0 Å². The van der Waals surface area contributed by atoms with Crippen molar-refractivity contribution in [1.82, 2.24) is 5.32 Å². The van der Waals surface area contributed by atoms with E-state index in [1.807, 2.05) is 0 Å². The summed E-state index contributed by atoms with van der Waals surface area (Å²) in [6, 6.07) is 7.67. The molecule has 1 fully saturated rings. The third kappa shape index (κ3) is 4.48. The van der Waals surface area contributed by atoms with Crippen LogP contribution in [0.2, 0.25) is 0 Å². The van der Waals surface area contributed by atoms with Crippen molar-refractivity contribution < 1.29 is 22.8 Å². The van der Waals surface area contributed by atoms with E-state index in [0.717, 1.165) is 37.8 Å². The minimum atomic E-state index is -1.65. The van der Waals surface area contributed by atoms with Gasteiger partial charge >= 0.3 is 0 Å². The van der Waals surface area contributed by atoms with Crippen LogP contribution in [-0.2, 0) is 0 Å². The normalized spacial score (nSPS) is 14.6. The average Bonchev–Trinajstić information content (AvgIpc) is 2.69. The van der Waals surface area contributed by atoms with Crippen molar-refractivity contribution in [2.45, 2.75) is 38.1 Å². The van der Waals surface area contributed by atoms with Crippen molar-refractivity contribution in [2.24, 2.45) is 0 Å². The van der Waals surface area contributed by atoms with Gasteiger partial charge in [0.25, 0.3) is 11.8 Å². The monoisotopic (exact) mass is 376 g/mol. The van der Waals surface area contributed by atoms with Crippen molar-refractivity contribution in [1.29, 1.82) is 0 Å². The van der Waals surface area contributed by atoms with Crippen LogP contribution in [0, 0.1) is 17.5 Å². The highest BCUT2D eigenvalue weighted by atomic mass is 19.2. The summed E-state index contributed by atoms with van der Waals surface area (Å²) in [7, 11) is 0. The Kier molecular flexibility index (Phi) is 5.78. The molecule has 0 heterocycles. The zero-order valence-electron chi connectivity index (χ0n) is 14.5. The predicted octanol–water partition coefficient (Wildman–Crippen LogP) is 4.42. The Bertz CT molecular complexity index is 847. The standard InChI is InChI=1S/C20H19F3N2O2/c21-15-10-11-16(18(23)17(15)22)25-20(27)13-8-6-12(7-9-13)19(26)24-14-4-2-1-3-5-14/h6-11,14H,1-5H2,(H,24,26)(H,25,27). The zero-order valence-corrected chi connectivity index (χ0v) is 14.5. The number of carbonyl (C=O) groups is 2. The third-order valence-corrected chi connectivity index (χ3v) is 4.63. The molecule has 0 spiro atoms. The molecule has 4 nitrogen and oxygen atoms in total. The summed E-state index contributed by atoms with van der Waals surface area (Å²) in [5, 5.41) is 5.16. The van der Waals surface area contributed by atoms with E-state index in [2.05, 4.69) is 10.6 Å². The van der Waals surface area contributed by atoms with Crippen LogP contribution >= 0.6 is 0 Å². The van der Waals surface area contributed by atoms with Gasteiger partial charge in [0, 0.05) is 17.2 Å². The Morgan fingerprint density at radius 3 is 2.00 bits per heavy atom. The van der Waals surface area contributed by atoms with Crippen LogP contribution < -0.4 is 10.6 Å². The summed E-state index contributed by atoms with van der Waals surface area (Å²) in [6.45, 7) is 0. The van der Waals surface area contributed by atoms with Crippen molar-refractivity contribution in [3.8, 4) is 0 Å². The highest BCUT2D eigenvalue weighted by Gasteiger charge is 2.18. The number of carbonyl (C=O) groups excluding carboxylic acids is 2. The van der Waals surface area contributed by atoms with Gasteiger partial charge in [0.15, 0.2) is 17.5 Å².